The zero-order valence-corrected chi connectivity index (χ0v) is 16.5. The molecule has 1 N–H and O–H groups in total. The van der Waals surface area contributed by atoms with Gasteiger partial charge in [0.15, 0.2) is 5.78 Å². The molecule has 0 amide bonds. The first-order valence-electron chi connectivity index (χ1n) is 10.1. The fraction of sp³-hybridized carbons (Fsp3) is 0.0741. The minimum Gasteiger partial charge on any atom is -0.441 e. The van der Waals surface area contributed by atoms with Crippen LogP contribution >= 0.6 is 0 Å². The van der Waals surface area contributed by atoms with E-state index in [1.165, 1.54) is 0 Å². The van der Waals surface area contributed by atoms with Gasteiger partial charge >= 0.3 is 0 Å². The van der Waals surface area contributed by atoms with Gasteiger partial charge in [-0.05, 0) is 22.4 Å². The minimum atomic E-state index is -0.00949. The van der Waals surface area contributed by atoms with Gasteiger partial charge in [0, 0.05) is 24.1 Å². The van der Waals surface area contributed by atoms with Gasteiger partial charge in [0.05, 0.1) is 5.57 Å². The summed E-state index contributed by atoms with van der Waals surface area (Å²) in [4.78, 5) is 13.4. The predicted molar refractivity (Wildman–Crippen MR) is 119 cm³/mol. The molecule has 0 saturated heterocycles. The highest BCUT2D eigenvalue weighted by Crippen LogP contribution is 2.36. The molecule has 1 heterocycles. The van der Waals surface area contributed by atoms with Crippen molar-refractivity contribution < 1.29 is 9.53 Å². The van der Waals surface area contributed by atoms with Gasteiger partial charge < -0.3 is 10.1 Å². The average molecular weight is 391 g/mol. The molecule has 146 valence electrons. The zero-order chi connectivity index (χ0) is 20.3. The fourth-order valence-corrected chi connectivity index (χ4v) is 3.89. The van der Waals surface area contributed by atoms with Gasteiger partial charge in [0.1, 0.15) is 5.75 Å². The second-order valence-electron chi connectivity index (χ2n) is 7.38. The number of carbonyl (C=O) groups excluding carboxylic acids is 1. The van der Waals surface area contributed by atoms with Gasteiger partial charge in [-0.3, -0.25) is 4.79 Å². The van der Waals surface area contributed by atoms with E-state index >= 15 is 0 Å². The van der Waals surface area contributed by atoms with Crippen LogP contribution < -0.4 is 10.1 Å². The van der Waals surface area contributed by atoms with E-state index in [1.54, 1.807) is 0 Å². The number of hydrogen-bond donors (Lipinski definition) is 1. The standard InChI is InChI=1S/C27H21NO2/c29-26(21-12-5-2-6-13-21)24-17-23-22-14-8-7-11-20(22)15-16-25(23)30-27(24)28-18-19-9-3-1-4-10-19/h1-16,28H,17-18H2. The Hall–Kier alpha value is -3.85. The first-order chi connectivity index (χ1) is 14.8. The molecule has 0 fully saturated rings. The number of rotatable bonds is 5. The maximum atomic E-state index is 13.4. The molecule has 30 heavy (non-hydrogen) atoms. The molecular weight excluding hydrogens is 370 g/mol. The third-order valence-corrected chi connectivity index (χ3v) is 5.44. The maximum Gasteiger partial charge on any atom is 0.201 e. The highest BCUT2D eigenvalue weighted by molar-refractivity contribution is 6.10. The van der Waals surface area contributed by atoms with E-state index in [4.69, 9.17) is 4.74 Å². The predicted octanol–water partition coefficient (Wildman–Crippen LogP) is 5.66. The monoisotopic (exact) mass is 391 g/mol. The number of ketones is 1. The quantitative estimate of drug-likeness (QED) is 0.446. The molecule has 3 nitrogen and oxygen atoms in total. The Morgan fingerprint density at radius 2 is 1.50 bits per heavy atom. The second kappa shape index (κ2) is 7.88. The van der Waals surface area contributed by atoms with E-state index in [1.807, 2.05) is 66.7 Å². The van der Waals surface area contributed by atoms with Crippen LogP contribution in [0.4, 0.5) is 0 Å². The lowest BCUT2D eigenvalue weighted by Gasteiger charge is -2.25. The average Bonchev–Trinajstić information content (AvgIpc) is 2.83. The van der Waals surface area contributed by atoms with Crippen molar-refractivity contribution in [3.05, 3.63) is 125 Å². The number of carbonyl (C=O) groups is 1. The van der Waals surface area contributed by atoms with E-state index in [0.29, 0.717) is 30.0 Å². The molecular formula is C27H21NO2. The number of fused-ring (bicyclic) bond motifs is 3. The molecule has 3 heteroatoms. The van der Waals surface area contributed by atoms with Crippen molar-refractivity contribution >= 4 is 16.6 Å². The highest BCUT2D eigenvalue weighted by atomic mass is 16.5. The van der Waals surface area contributed by atoms with Crippen molar-refractivity contribution in [2.75, 3.05) is 0 Å². The number of nitrogens with one attached hydrogen (secondary N) is 1. The van der Waals surface area contributed by atoms with Gasteiger partial charge in [0.25, 0.3) is 0 Å². The fourth-order valence-electron chi connectivity index (χ4n) is 3.89. The molecule has 0 spiro atoms. The number of benzene rings is 4. The summed E-state index contributed by atoms with van der Waals surface area (Å²) in [6, 6.07) is 31.8. The van der Waals surface area contributed by atoms with Crippen LogP contribution in [0.3, 0.4) is 0 Å². The number of allylic oxidation sites excluding steroid dienone is 1. The summed E-state index contributed by atoms with van der Waals surface area (Å²) in [7, 11) is 0. The Balaban J connectivity index is 1.56. The first-order valence-corrected chi connectivity index (χ1v) is 10.1. The van der Waals surface area contributed by atoms with Gasteiger partial charge in [-0.2, -0.15) is 0 Å². The highest BCUT2D eigenvalue weighted by Gasteiger charge is 2.27. The Bertz CT molecular complexity index is 1240. The lowest BCUT2D eigenvalue weighted by Crippen LogP contribution is -2.27. The lowest BCUT2D eigenvalue weighted by atomic mass is 9.92. The molecule has 0 saturated carbocycles. The van der Waals surface area contributed by atoms with Crippen molar-refractivity contribution in [1.82, 2.24) is 5.32 Å². The molecule has 0 atom stereocenters. The van der Waals surface area contributed by atoms with E-state index in [2.05, 4.69) is 35.6 Å². The zero-order valence-electron chi connectivity index (χ0n) is 16.5. The van der Waals surface area contributed by atoms with Gasteiger partial charge in [-0.15, -0.1) is 0 Å². The summed E-state index contributed by atoms with van der Waals surface area (Å²) >= 11 is 0. The van der Waals surface area contributed by atoms with Crippen LogP contribution in [0.2, 0.25) is 0 Å². The normalized spacial score (nSPS) is 12.9. The van der Waals surface area contributed by atoms with Crippen molar-refractivity contribution in [1.29, 1.82) is 0 Å². The van der Waals surface area contributed by atoms with E-state index in [-0.39, 0.29) is 5.78 Å². The van der Waals surface area contributed by atoms with Gasteiger partial charge in [-0.1, -0.05) is 91.0 Å². The van der Waals surface area contributed by atoms with Gasteiger partial charge in [0.2, 0.25) is 5.88 Å². The Morgan fingerprint density at radius 3 is 2.30 bits per heavy atom. The molecule has 0 bridgehead atoms. The number of hydrogen-bond acceptors (Lipinski definition) is 3. The summed E-state index contributed by atoms with van der Waals surface area (Å²) in [6.45, 7) is 0.588. The summed E-state index contributed by atoms with van der Waals surface area (Å²) in [5.74, 6) is 1.33. The molecule has 1 aliphatic heterocycles. The van der Waals surface area contributed by atoms with Crippen LogP contribution in [0.5, 0.6) is 5.75 Å². The van der Waals surface area contributed by atoms with Crippen LogP contribution in [0.1, 0.15) is 21.5 Å². The molecule has 4 aromatic rings. The summed E-state index contributed by atoms with van der Waals surface area (Å²) in [5, 5.41) is 5.63. The maximum absolute atomic E-state index is 13.4. The second-order valence-corrected chi connectivity index (χ2v) is 7.38. The number of ether oxygens (including phenoxy) is 1. The van der Waals surface area contributed by atoms with E-state index < -0.39 is 0 Å². The summed E-state index contributed by atoms with van der Waals surface area (Å²) in [6.07, 6.45) is 0.529. The van der Waals surface area contributed by atoms with Crippen LogP contribution in [0.25, 0.3) is 10.8 Å². The molecule has 1 aliphatic rings. The van der Waals surface area contributed by atoms with Crippen molar-refractivity contribution in [3.63, 3.8) is 0 Å². The van der Waals surface area contributed by atoms with Crippen molar-refractivity contribution in [2.45, 2.75) is 13.0 Å². The largest absolute Gasteiger partial charge is 0.441 e. The van der Waals surface area contributed by atoms with E-state index in [9.17, 15) is 4.79 Å². The molecule has 0 radical (unpaired) electrons. The molecule has 0 unspecified atom stereocenters. The Labute approximate surface area is 175 Å². The number of Topliss-reactive ketones (excluding diaryl/α,β-unsaturated/α-hetero) is 1. The molecule has 5 rings (SSSR count). The molecule has 0 aromatic heterocycles. The van der Waals surface area contributed by atoms with Crippen LogP contribution in [-0.2, 0) is 13.0 Å². The first kappa shape index (κ1) is 18.2. The van der Waals surface area contributed by atoms with Crippen molar-refractivity contribution in [3.8, 4) is 5.75 Å². The molecule has 4 aromatic carbocycles. The van der Waals surface area contributed by atoms with Gasteiger partial charge in [-0.25, -0.2) is 0 Å². The smallest absolute Gasteiger partial charge is 0.201 e. The Kier molecular flexibility index (Phi) is 4.78. The third-order valence-electron chi connectivity index (χ3n) is 5.44. The third kappa shape index (κ3) is 3.46. The summed E-state index contributed by atoms with van der Waals surface area (Å²) < 4.78 is 6.26. The Morgan fingerprint density at radius 1 is 0.800 bits per heavy atom. The van der Waals surface area contributed by atoms with Crippen LogP contribution in [0, 0.1) is 0 Å². The van der Waals surface area contributed by atoms with Crippen LogP contribution in [-0.4, -0.2) is 5.78 Å². The SMILES string of the molecule is O=C(C1=C(NCc2ccccc2)Oc2ccc3ccccc3c2C1)c1ccccc1. The van der Waals surface area contributed by atoms with Crippen LogP contribution in [0.15, 0.2) is 109 Å². The minimum absolute atomic E-state index is 0.00949. The molecule has 0 aliphatic carbocycles. The topological polar surface area (TPSA) is 38.3 Å². The van der Waals surface area contributed by atoms with Crippen molar-refractivity contribution in [2.24, 2.45) is 0 Å². The lowest BCUT2D eigenvalue weighted by molar-refractivity contribution is 0.102. The van der Waals surface area contributed by atoms with E-state index in [0.717, 1.165) is 27.6 Å². The summed E-state index contributed by atoms with van der Waals surface area (Å²) in [5.41, 5.74) is 3.50.